The van der Waals surface area contributed by atoms with Crippen molar-refractivity contribution < 1.29 is 9.21 Å². The third kappa shape index (κ3) is 3.06. The van der Waals surface area contributed by atoms with Crippen molar-refractivity contribution in [2.75, 3.05) is 19.6 Å². The van der Waals surface area contributed by atoms with Gasteiger partial charge in [-0.2, -0.15) is 0 Å². The van der Waals surface area contributed by atoms with Gasteiger partial charge in [0.05, 0.1) is 0 Å². The summed E-state index contributed by atoms with van der Waals surface area (Å²) in [7, 11) is 0. The van der Waals surface area contributed by atoms with Crippen LogP contribution in [0.5, 0.6) is 0 Å². The third-order valence-corrected chi connectivity index (χ3v) is 3.42. The number of nitrogens with one attached hydrogen (secondary N) is 1. The first-order valence-electron chi connectivity index (χ1n) is 6.49. The minimum atomic E-state index is -0.0579. The molecule has 0 saturated carbocycles. The number of halogens is 1. The molecule has 1 amide bonds. The van der Waals surface area contributed by atoms with E-state index in [4.69, 9.17) is 16.0 Å². The predicted octanol–water partition coefficient (Wildman–Crippen LogP) is 2.54. The standard InChI is InChI=1S/C13H19ClN2O2/c1-2-8-16(10-4-3-7-15-9-10)13(17)11-5-6-12(14)18-11/h5-6,10,15H,2-4,7-9H2,1H3. The summed E-state index contributed by atoms with van der Waals surface area (Å²) in [4.78, 5) is 14.3. The Labute approximate surface area is 112 Å². The first kappa shape index (κ1) is 13.4. The van der Waals surface area contributed by atoms with Crippen LogP contribution in [0.1, 0.15) is 36.7 Å². The van der Waals surface area contributed by atoms with Gasteiger partial charge in [-0.15, -0.1) is 0 Å². The maximum absolute atomic E-state index is 12.4. The van der Waals surface area contributed by atoms with Gasteiger partial charge in [0.2, 0.25) is 0 Å². The summed E-state index contributed by atoms with van der Waals surface area (Å²) in [6, 6.07) is 3.51. The number of hydrogen-bond acceptors (Lipinski definition) is 3. The smallest absolute Gasteiger partial charge is 0.289 e. The number of carbonyl (C=O) groups excluding carboxylic acids is 1. The van der Waals surface area contributed by atoms with E-state index in [1.54, 1.807) is 12.1 Å². The summed E-state index contributed by atoms with van der Waals surface area (Å²) in [5, 5.41) is 3.60. The van der Waals surface area contributed by atoms with E-state index < -0.39 is 0 Å². The van der Waals surface area contributed by atoms with Gasteiger partial charge in [-0.05, 0) is 49.5 Å². The number of carbonyl (C=O) groups is 1. The fraction of sp³-hybridized carbons (Fsp3) is 0.615. The molecular weight excluding hydrogens is 252 g/mol. The second-order valence-corrected chi connectivity index (χ2v) is 4.98. The molecule has 1 unspecified atom stereocenters. The van der Waals surface area contributed by atoms with Crippen molar-refractivity contribution in [2.45, 2.75) is 32.2 Å². The van der Waals surface area contributed by atoms with E-state index in [9.17, 15) is 4.79 Å². The molecule has 1 atom stereocenters. The van der Waals surface area contributed by atoms with Gasteiger partial charge in [0.15, 0.2) is 11.0 Å². The molecule has 100 valence electrons. The topological polar surface area (TPSA) is 45.5 Å². The van der Waals surface area contributed by atoms with Gasteiger partial charge in [0, 0.05) is 19.1 Å². The van der Waals surface area contributed by atoms with Gasteiger partial charge < -0.3 is 14.6 Å². The number of nitrogens with zero attached hydrogens (tertiary/aromatic N) is 1. The van der Waals surface area contributed by atoms with Crippen LogP contribution in [0.4, 0.5) is 0 Å². The quantitative estimate of drug-likeness (QED) is 0.915. The lowest BCUT2D eigenvalue weighted by molar-refractivity contribution is 0.0616. The molecule has 0 aromatic carbocycles. The monoisotopic (exact) mass is 270 g/mol. The first-order chi connectivity index (χ1) is 8.72. The molecule has 0 spiro atoms. The summed E-state index contributed by atoms with van der Waals surface area (Å²) in [6.07, 6.45) is 3.10. The highest BCUT2D eigenvalue weighted by Crippen LogP contribution is 2.19. The molecule has 1 saturated heterocycles. The van der Waals surface area contributed by atoms with Crippen molar-refractivity contribution in [2.24, 2.45) is 0 Å². The summed E-state index contributed by atoms with van der Waals surface area (Å²) in [5.41, 5.74) is 0. The Balaban J connectivity index is 2.10. The summed E-state index contributed by atoms with van der Waals surface area (Å²) in [6.45, 7) is 4.73. The van der Waals surface area contributed by atoms with Crippen molar-refractivity contribution in [1.82, 2.24) is 10.2 Å². The van der Waals surface area contributed by atoms with Crippen molar-refractivity contribution in [3.63, 3.8) is 0 Å². The highest BCUT2D eigenvalue weighted by Gasteiger charge is 2.27. The average molecular weight is 271 g/mol. The van der Waals surface area contributed by atoms with Crippen LogP contribution < -0.4 is 5.32 Å². The Hall–Kier alpha value is -1.00. The normalized spacial score (nSPS) is 19.8. The van der Waals surface area contributed by atoms with Crippen molar-refractivity contribution in [1.29, 1.82) is 0 Å². The molecule has 2 rings (SSSR count). The van der Waals surface area contributed by atoms with Crippen LogP contribution in [-0.2, 0) is 0 Å². The minimum absolute atomic E-state index is 0.0579. The molecule has 1 aromatic heterocycles. The maximum Gasteiger partial charge on any atom is 0.289 e. The van der Waals surface area contributed by atoms with Gasteiger partial charge in [-0.1, -0.05) is 6.92 Å². The Bertz CT molecular complexity index is 399. The van der Waals surface area contributed by atoms with Crippen LogP contribution in [0.15, 0.2) is 16.5 Å². The Morgan fingerprint density at radius 3 is 3.00 bits per heavy atom. The van der Waals surface area contributed by atoms with Gasteiger partial charge in [-0.25, -0.2) is 0 Å². The van der Waals surface area contributed by atoms with Gasteiger partial charge >= 0.3 is 0 Å². The van der Waals surface area contributed by atoms with E-state index in [1.807, 2.05) is 4.90 Å². The summed E-state index contributed by atoms with van der Waals surface area (Å²) in [5.74, 6) is 0.275. The zero-order valence-electron chi connectivity index (χ0n) is 10.6. The Kier molecular flexibility index (Phi) is 4.66. The van der Waals surface area contributed by atoms with E-state index in [0.29, 0.717) is 5.76 Å². The molecule has 1 fully saturated rings. The van der Waals surface area contributed by atoms with Crippen LogP contribution in [0.2, 0.25) is 5.22 Å². The van der Waals surface area contributed by atoms with Crippen LogP contribution in [-0.4, -0.2) is 36.5 Å². The number of amides is 1. The SMILES string of the molecule is CCCN(C(=O)c1ccc(Cl)o1)C1CCCNC1. The van der Waals surface area contributed by atoms with Gasteiger partial charge in [-0.3, -0.25) is 4.79 Å². The number of piperidine rings is 1. The van der Waals surface area contributed by atoms with Crippen molar-refractivity contribution >= 4 is 17.5 Å². The van der Waals surface area contributed by atoms with Crippen LogP contribution in [0.3, 0.4) is 0 Å². The first-order valence-corrected chi connectivity index (χ1v) is 6.87. The van der Waals surface area contributed by atoms with Crippen LogP contribution >= 0.6 is 11.6 Å². The largest absolute Gasteiger partial charge is 0.440 e. The Morgan fingerprint density at radius 2 is 2.44 bits per heavy atom. The number of furan rings is 1. The summed E-state index contributed by atoms with van der Waals surface area (Å²) < 4.78 is 5.22. The average Bonchev–Trinajstić information content (AvgIpc) is 2.83. The third-order valence-electron chi connectivity index (χ3n) is 3.22. The highest BCUT2D eigenvalue weighted by molar-refractivity contribution is 6.29. The molecule has 1 aliphatic heterocycles. The molecule has 18 heavy (non-hydrogen) atoms. The van der Waals surface area contributed by atoms with Crippen molar-refractivity contribution in [3.05, 3.63) is 23.1 Å². The van der Waals surface area contributed by atoms with Gasteiger partial charge in [0.25, 0.3) is 5.91 Å². The van der Waals surface area contributed by atoms with Gasteiger partial charge in [0.1, 0.15) is 0 Å². The second-order valence-electron chi connectivity index (χ2n) is 4.60. The maximum atomic E-state index is 12.4. The molecular formula is C13H19ClN2O2. The second kappa shape index (κ2) is 6.25. The molecule has 1 N–H and O–H groups in total. The van der Waals surface area contributed by atoms with Crippen LogP contribution in [0, 0.1) is 0 Å². The molecule has 2 heterocycles. The predicted molar refractivity (Wildman–Crippen MR) is 70.9 cm³/mol. The van der Waals surface area contributed by atoms with E-state index >= 15 is 0 Å². The molecule has 1 aliphatic rings. The molecule has 0 aliphatic carbocycles. The van der Waals surface area contributed by atoms with Crippen LogP contribution in [0.25, 0.3) is 0 Å². The highest BCUT2D eigenvalue weighted by atomic mass is 35.5. The minimum Gasteiger partial charge on any atom is -0.440 e. The fourth-order valence-corrected chi connectivity index (χ4v) is 2.51. The molecule has 0 radical (unpaired) electrons. The zero-order chi connectivity index (χ0) is 13.0. The Morgan fingerprint density at radius 1 is 1.61 bits per heavy atom. The fourth-order valence-electron chi connectivity index (χ4n) is 2.36. The van der Waals surface area contributed by atoms with E-state index in [0.717, 1.165) is 38.9 Å². The van der Waals surface area contributed by atoms with E-state index in [-0.39, 0.29) is 17.2 Å². The number of rotatable bonds is 4. The lowest BCUT2D eigenvalue weighted by atomic mass is 10.1. The lowest BCUT2D eigenvalue weighted by Crippen LogP contribution is -2.48. The molecule has 4 nitrogen and oxygen atoms in total. The lowest BCUT2D eigenvalue weighted by Gasteiger charge is -2.34. The summed E-state index contributed by atoms with van der Waals surface area (Å²) >= 11 is 5.72. The van der Waals surface area contributed by atoms with E-state index in [1.165, 1.54) is 0 Å². The molecule has 1 aromatic rings. The molecule has 0 bridgehead atoms. The zero-order valence-corrected chi connectivity index (χ0v) is 11.4. The van der Waals surface area contributed by atoms with Crippen molar-refractivity contribution in [3.8, 4) is 0 Å². The van der Waals surface area contributed by atoms with E-state index in [2.05, 4.69) is 12.2 Å². The number of hydrogen-bond donors (Lipinski definition) is 1. The molecule has 5 heteroatoms.